The third-order valence-corrected chi connectivity index (χ3v) is 2.39. The Morgan fingerprint density at radius 1 is 1.57 bits per heavy atom. The van der Waals surface area contributed by atoms with Crippen LogP contribution in [-0.2, 0) is 6.42 Å². The number of phenolic OH excluding ortho intramolecular Hbond substituents is 1. The Morgan fingerprint density at radius 3 is 2.71 bits per heavy atom. The fourth-order valence-electron chi connectivity index (χ4n) is 1.61. The summed E-state index contributed by atoms with van der Waals surface area (Å²) < 4.78 is 0. The first-order valence-electron chi connectivity index (χ1n) is 4.85. The first-order chi connectivity index (χ1) is 6.61. The van der Waals surface area contributed by atoms with Gasteiger partial charge in [-0.1, -0.05) is 26.0 Å². The van der Waals surface area contributed by atoms with Crippen LogP contribution in [-0.4, -0.2) is 5.11 Å². The summed E-state index contributed by atoms with van der Waals surface area (Å²) in [6, 6.07) is 1.92. The summed E-state index contributed by atoms with van der Waals surface area (Å²) in [5.41, 5.74) is 9.19. The van der Waals surface area contributed by atoms with Gasteiger partial charge in [0.15, 0.2) is 0 Å². The Hall–Kier alpha value is -1.44. The maximum Gasteiger partial charge on any atom is 0.141 e. The number of rotatable bonds is 3. The van der Waals surface area contributed by atoms with E-state index in [1.54, 1.807) is 6.08 Å². The van der Waals surface area contributed by atoms with Crippen LogP contribution in [0.25, 0.3) is 6.08 Å². The highest BCUT2D eigenvalue weighted by Crippen LogP contribution is 2.32. The number of aryl methyl sites for hydroxylation is 1. The van der Waals surface area contributed by atoms with Crippen molar-refractivity contribution >= 4 is 11.8 Å². The largest absolute Gasteiger partial charge is 0.506 e. The fourth-order valence-corrected chi connectivity index (χ4v) is 1.61. The molecule has 2 heteroatoms. The fraction of sp³-hybridized carbons (Fsp3) is 0.333. The first kappa shape index (κ1) is 10.6. The molecule has 0 aliphatic heterocycles. The molecule has 0 unspecified atom stereocenters. The van der Waals surface area contributed by atoms with Crippen molar-refractivity contribution < 1.29 is 5.11 Å². The van der Waals surface area contributed by atoms with Crippen LogP contribution in [0.1, 0.15) is 30.0 Å². The summed E-state index contributed by atoms with van der Waals surface area (Å²) in [6.45, 7) is 7.68. The molecule has 0 aliphatic carbocycles. The van der Waals surface area contributed by atoms with Gasteiger partial charge in [0.05, 0.1) is 5.69 Å². The Labute approximate surface area is 85.1 Å². The summed E-state index contributed by atoms with van der Waals surface area (Å²) in [5.74, 6) is 0.207. The lowest BCUT2D eigenvalue weighted by Crippen LogP contribution is -1.99. The third-order valence-electron chi connectivity index (χ3n) is 2.39. The molecule has 0 aromatic heterocycles. The highest BCUT2D eigenvalue weighted by molar-refractivity contribution is 5.70. The lowest BCUT2D eigenvalue weighted by Gasteiger charge is -2.12. The molecule has 2 nitrogen and oxygen atoms in total. The van der Waals surface area contributed by atoms with Gasteiger partial charge in [0.2, 0.25) is 0 Å². The molecular formula is C12H17NO. The molecule has 0 spiro atoms. The quantitative estimate of drug-likeness (QED) is 0.570. The second-order valence-corrected chi connectivity index (χ2v) is 3.48. The van der Waals surface area contributed by atoms with E-state index in [9.17, 15) is 5.11 Å². The van der Waals surface area contributed by atoms with E-state index in [4.69, 9.17) is 5.73 Å². The third kappa shape index (κ3) is 1.74. The average Bonchev–Trinajstić information content (AvgIpc) is 2.19. The molecule has 0 bridgehead atoms. The number of anilines is 1. The van der Waals surface area contributed by atoms with Crippen molar-refractivity contribution in [1.29, 1.82) is 0 Å². The summed E-state index contributed by atoms with van der Waals surface area (Å²) >= 11 is 0. The summed E-state index contributed by atoms with van der Waals surface area (Å²) in [4.78, 5) is 0. The van der Waals surface area contributed by atoms with Gasteiger partial charge in [-0.3, -0.25) is 0 Å². The van der Waals surface area contributed by atoms with Crippen molar-refractivity contribution in [3.05, 3.63) is 29.3 Å². The number of aromatic hydroxyl groups is 1. The van der Waals surface area contributed by atoms with E-state index in [0.29, 0.717) is 5.69 Å². The number of benzene rings is 1. The second-order valence-electron chi connectivity index (χ2n) is 3.48. The summed E-state index contributed by atoms with van der Waals surface area (Å²) in [7, 11) is 0. The van der Waals surface area contributed by atoms with Gasteiger partial charge in [0.25, 0.3) is 0 Å². The minimum Gasteiger partial charge on any atom is -0.506 e. The van der Waals surface area contributed by atoms with E-state index >= 15 is 0 Å². The molecule has 0 amide bonds. The van der Waals surface area contributed by atoms with Crippen LogP contribution in [0.15, 0.2) is 12.6 Å². The zero-order valence-corrected chi connectivity index (χ0v) is 8.80. The Kier molecular flexibility index (Phi) is 3.18. The van der Waals surface area contributed by atoms with Crippen LogP contribution in [0, 0.1) is 6.92 Å². The van der Waals surface area contributed by atoms with Gasteiger partial charge in [0, 0.05) is 0 Å². The van der Waals surface area contributed by atoms with Crippen LogP contribution in [0.5, 0.6) is 5.75 Å². The molecule has 1 rings (SSSR count). The highest BCUT2D eigenvalue weighted by atomic mass is 16.3. The molecule has 1 aromatic carbocycles. The Bertz CT molecular complexity index is 356. The van der Waals surface area contributed by atoms with Gasteiger partial charge < -0.3 is 10.8 Å². The van der Waals surface area contributed by atoms with Crippen LogP contribution in [0.4, 0.5) is 5.69 Å². The monoisotopic (exact) mass is 191 g/mol. The predicted molar refractivity (Wildman–Crippen MR) is 61.3 cm³/mol. The Morgan fingerprint density at radius 2 is 2.21 bits per heavy atom. The standard InChI is InChI=1S/C12H17NO/c1-4-6-10-9(5-2)7-8(3)12(14)11(10)13/h5,7,14H,2,4,6,13H2,1,3H3. The van der Waals surface area contributed by atoms with Crippen molar-refractivity contribution in [1.82, 2.24) is 0 Å². The number of hydrogen-bond acceptors (Lipinski definition) is 2. The van der Waals surface area contributed by atoms with E-state index in [2.05, 4.69) is 13.5 Å². The number of nitrogens with two attached hydrogens (primary N) is 1. The van der Waals surface area contributed by atoms with Crippen LogP contribution in [0.3, 0.4) is 0 Å². The van der Waals surface area contributed by atoms with E-state index in [0.717, 1.165) is 29.5 Å². The van der Waals surface area contributed by atoms with Gasteiger partial charge in [0.1, 0.15) is 5.75 Å². The minimum atomic E-state index is 0.207. The van der Waals surface area contributed by atoms with Crippen LogP contribution < -0.4 is 5.73 Å². The van der Waals surface area contributed by atoms with Crippen molar-refractivity contribution in [2.24, 2.45) is 0 Å². The van der Waals surface area contributed by atoms with Gasteiger partial charge in [-0.05, 0) is 36.1 Å². The van der Waals surface area contributed by atoms with Crippen molar-refractivity contribution in [2.75, 3.05) is 5.73 Å². The zero-order chi connectivity index (χ0) is 10.7. The molecule has 0 heterocycles. The molecule has 3 N–H and O–H groups in total. The molecule has 1 aromatic rings. The summed E-state index contributed by atoms with van der Waals surface area (Å²) in [5, 5.41) is 9.67. The minimum absolute atomic E-state index is 0.207. The van der Waals surface area contributed by atoms with Crippen LogP contribution >= 0.6 is 0 Å². The first-order valence-corrected chi connectivity index (χ1v) is 4.85. The van der Waals surface area contributed by atoms with Gasteiger partial charge >= 0.3 is 0 Å². The lowest BCUT2D eigenvalue weighted by atomic mass is 9.97. The normalized spacial score (nSPS) is 10.1. The molecule has 0 saturated carbocycles. The van der Waals surface area contributed by atoms with E-state index < -0.39 is 0 Å². The molecular weight excluding hydrogens is 174 g/mol. The second kappa shape index (κ2) is 4.18. The molecule has 0 fully saturated rings. The van der Waals surface area contributed by atoms with E-state index in [1.165, 1.54) is 0 Å². The molecule has 0 saturated heterocycles. The lowest BCUT2D eigenvalue weighted by molar-refractivity contribution is 0.473. The maximum absolute atomic E-state index is 9.67. The van der Waals surface area contributed by atoms with Crippen molar-refractivity contribution in [3.8, 4) is 5.75 Å². The number of hydrogen-bond donors (Lipinski definition) is 2. The topological polar surface area (TPSA) is 46.2 Å². The van der Waals surface area contributed by atoms with Crippen molar-refractivity contribution in [2.45, 2.75) is 26.7 Å². The van der Waals surface area contributed by atoms with Gasteiger partial charge in [-0.2, -0.15) is 0 Å². The maximum atomic E-state index is 9.67. The molecule has 14 heavy (non-hydrogen) atoms. The van der Waals surface area contributed by atoms with Gasteiger partial charge in [-0.15, -0.1) is 0 Å². The van der Waals surface area contributed by atoms with Gasteiger partial charge in [-0.25, -0.2) is 0 Å². The Balaban J connectivity index is 3.36. The number of nitrogen functional groups attached to an aromatic ring is 1. The zero-order valence-electron chi connectivity index (χ0n) is 8.80. The molecule has 76 valence electrons. The summed E-state index contributed by atoms with van der Waals surface area (Å²) in [6.07, 6.45) is 3.67. The highest BCUT2D eigenvalue weighted by Gasteiger charge is 2.10. The van der Waals surface area contributed by atoms with Crippen LogP contribution in [0.2, 0.25) is 0 Å². The molecule has 0 radical (unpaired) electrons. The van der Waals surface area contributed by atoms with Crippen molar-refractivity contribution in [3.63, 3.8) is 0 Å². The van der Waals surface area contributed by atoms with E-state index in [-0.39, 0.29) is 5.75 Å². The number of phenols is 1. The smallest absolute Gasteiger partial charge is 0.141 e. The average molecular weight is 191 g/mol. The SMILES string of the molecule is C=Cc1cc(C)c(O)c(N)c1CCC. The predicted octanol–water partition coefficient (Wildman–Crippen LogP) is 2.88. The molecule has 0 aliphatic rings. The van der Waals surface area contributed by atoms with E-state index in [1.807, 2.05) is 13.0 Å². The molecule has 0 atom stereocenters.